The van der Waals surface area contributed by atoms with Crippen LogP contribution in [0.3, 0.4) is 0 Å². The van der Waals surface area contributed by atoms with Gasteiger partial charge in [-0.1, -0.05) is 84.9 Å². The zero-order valence-electron chi connectivity index (χ0n) is 28.7. The Morgan fingerprint density at radius 3 is 1.71 bits per heavy atom. The molecular weight excluding hydrogens is 679 g/mol. The first kappa shape index (κ1) is 37.8. The van der Waals surface area contributed by atoms with Crippen LogP contribution in [0.15, 0.2) is 10.2 Å². The van der Waals surface area contributed by atoms with Crippen molar-refractivity contribution < 1.29 is 27.5 Å². The molecule has 6 nitrogen and oxygen atoms in total. The zero-order valence-corrected chi connectivity index (χ0v) is 33.9. The van der Waals surface area contributed by atoms with Crippen LogP contribution in [0.4, 0.5) is 0 Å². The summed E-state index contributed by atoms with van der Waals surface area (Å²) in [7, 11) is -6.69. The second-order valence-corrected chi connectivity index (χ2v) is 31.7. The molecule has 2 rings (SSSR count). The van der Waals surface area contributed by atoms with Gasteiger partial charge in [-0.25, -0.2) is 0 Å². The van der Waals surface area contributed by atoms with Gasteiger partial charge in [0.2, 0.25) is 0 Å². The van der Waals surface area contributed by atoms with Crippen LogP contribution >= 0.6 is 22.6 Å². The maximum Gasteiger partial charge on any atom is 0.193 e. The van der Waals surface area contributed by atoms with E-state index in [0.29, 0.717) is 6.42 Å². The van der Waals surface area contributed by atoms with Crippen LogP contribution in [0.25, 0.3) is 0 Å². The molecule has 0 saturated carbocycles. The molecule has 0 aromatic carbocycles. The number of ether oxygens (including phenoxy) is 2. The molecule has 2 heterocycles. The quantitative estimate of drug-likeness (QED) is 0.127. The topological polar surface area (TPSA) is 63.2 Å². The van der Waals surface area contributed by atoms with Gasteiger partial charge in [-0.3, -0.25) is 0 Å². The van der Waals surface area contributed by atoms with Crippen molar-refractivity contribution >= 4 is 53.8 Å². The first-order chi connectivity index (χ1) is 18.4. The number of halogens is 1. The third-order valence-electron chi connectivity index (χ3n) is 10.4. The minimum Gasteiger partial charge on any atom is -0.408 e. The van der Waals surface area contributed by atoms with Gasteiger partial charge in [-0.15, -0.1) is 0 Å². The molecule has 0 bridgehead atoms. The average molecular weight is 741 g/mol. The number of rotatable bonds is 10. The lowest BCUT2D eigenvalue weighted by molar-refractivity contribution is -0.266. The summed E-state index contributed by atoms with van der Waals surface area (Å²) in [4.78, 5) is 11.5. The van der Waals surface area contributed by atoms with E-state index in [0.717, 1.165) is 19.1 Å². The first-order valence-corrected chi connectivity index (χ1v) is 25.4. The number of carbonyl (C=O) groups excluding carboxylic acids is 1. The fourth-order valence-electron chi connectivity index (χ4n) is 4.63. The van der Waals surface area contributed by atoms with Crippen LogP contribution in [-0.4, -0.2) is 74.0 Å². The molecule has 4 unspecified atom stereocenters. The number of carbonyl (C=O) groups is 1. The standard InChI is InChI=1S/C31H61IO6Si3/c1-29(2,3)39(10,11)36-24(18-20-32)26-28(38-41(14,15)31(7,8)9)27(37-40(12,13)30(4,5)6)25-23(35-26)17-16-22(34-25)19-21-33/h18,20-28H,16-17,19H2,1-15H3/b20-18+/t22-,23+,24?,25+,26?,27?,28?/m1/s1. The molecule has 2 aliphatic rings. The third-order valence-corrected chi connectivity index (χ3v) is 24.3. The lowest BCUT2D eigenvalue weighted by Crippen LogP contribution is -2.69. The highest BCUT2D eigenvalue weighted by atomic mass is 127. The number of hydrogen-bond donors (Lipinski definition) is 0. The largest absolute Gasteiger partial charge is 0.408 e. The summed E-state index contributed by atoms with van der Waals surface area (Å²) >= 11 is 2.29. The summed E-state index contributed by atoms with van der Waals surface area (Å²) < 4.78 is 37.6. The monoisotopic (exact) mass is 740 g/mol. The lowest BCUT2D eigenvalue weighted by Gasteiger charge is -2.56. The summed E-state index contributed by atoms with van der Waals surface area (Å²) in [5, 5.41) is 0.0521. The molecule has 0 spiro atoms. The van der Waals surface area contributed by atoms with Crippen molar-refractivity contribution in [1.29, 1.82) is 0 Å². The normalized spacial score (nSPS) is 29.9. The van der Waals surface area contributed by atoms with Crippen molar-refractivity contribution in [3.63, 3.8) is 0 Å². The van der Waals surface area contributed by atoms with Gasteiger partial charge in [0.25, 0.3) is 0 Å². The predicted octanol–water partition coefficient (Wildman–Crippen LogP) is 9.01. The molecule has 0 N–H and O–H groups in total. The van der Waals surface area contributed by atoms with E-state index in [4.69, 9.17) is 22.8 Å². The predicted molar refractivity (Wildman–Crippen MR) is 187 cm³/mol. The minimum absolute atomic E-state index is 0.00170. The van der Waals surface area contributed by atoms with Crippen LogP contribution in [-0.2, 0) is 27.5 Å². The van der Waals surface area contributed by atoms with E-state index >= 15 is 0 Å². The van der Waals surface area contributed by atoms with Gasteiger partial charge in [-0.05, 0) is 77.4 Å². The van der Waals surface area contributed by atoms with Crippen LogP contribution in [0.2, 0.25) is 54.4 Å². The van der Waals surface area contributed by atoms with Crippen molar-refractivity contribution in [2.75, 3.05) is 0 Å². The van der Waals surface area contributed by atoms with Crippen LogP contribution in [0, 0.1) is 0 Å². The Kier molecular flexibility index (Phi) is 12.5. The summed E-state index contributed by atoms with van der Waals surface area (Å²) in [6, 6.07) is 0. The van der Waals surface area contributed by atoms with E-state index in [1.54, 1.807) is 0 Å². The first-order valence-electron chi connectivity index (χ1n) is 15.4. The van der Waals surface area contributed by atoms with Crippen molar-refractivity contribution in [2.24, 2.45) is 0 Å². The van der Waals surface area contributed by atoms with E-state index in [-0.39, 0.29) is 57.8 Å². The average Bonchev–Trinajstić information content (AvgIpc) is 2.78. The molecular formula is C31H61IO6Si3. The van der Waals surface area contributed by atoms with E-state index in [1.807, 2.05) is 0 Å². The van der Waals surface area contributed by atoms with E-state index in [2.05, 4.69) is 134 Å². The van der Waals surface area contributed by atoms with Crippen molar-refractivity contribution in [1.82, 2.24) is 0 Å². The molecule has 2 aliphatic heterocycles. The second kappa shape index (κ2) is 13.5. The van der Waals surface area contributed by atoms with Crippen LogP contribution < -0.4 is 0 Å². The Morgan fingerprint density at radius 2 is 1.27 bits per heavy atom. The Labute approximate surface area is 268 Å². The smallest absolute Gasteiger partial charge is 0.193 e. The second-order valence-electron chi connectivity index (χ2n) is 16.7. The molecule has 0 radical (unpaired) electrons. The van der Waals surface area contributed by atoms with Gasteiger partial charge < -0.3 is 27.5 Å². The summed E-state index contributed by atoms with van der Waals surface area (Å²) in [6.07, 6.45) is 3.25. The molecule has 2 fully saturated rings. The Bertz CT molecular complexity index is 903. The summed E-state index contributed by atoms with van der Waals surface area (Å²) in [5.41, 5.74) is 0. The lowest BCUT2D eigenvalue weighted by atomic mass is 9.87. The minimum atomic E-state index is -2.28. The molecule has 10 heteroatoms. The SMILES string of the molecule is CC(C)(C)[Si](C)(C)OC(/C=C/I)C1O[C@H]2CC[C@H](CC=O)O[C@@H]2C(O[Si](C)(C)C(C)(C)C)C1O[Si](C)(C)C(C)(C)C. The fraction of sp³-hybridized carbons (Fsp3) is 0.903. The third kappa shape index (κ3) is 9.08. The Morgan fingerprint density at radius 1 is 0.780 bits per heavy atom. The Balaban J connectivity index is 2.73. The van der Waals surface area contributed by atoms with Gasteiger partial charge in [0, 0.05) is 6.42 Å². The summed E-state index contributed by atoms with van der Waals surface area (Å²) in [5.74, 6) is 0. The highest BCUT2D eigenvalue weighted by molar-refractivity contribution is 14.1. The molecule has 0 aromatic heterocycles. The molecule has 7 atom stereocenters. The number of hydrogen-bond acceptors (Lipinski definition) is 6. The molecule has 0 amide bonds. The molecule has 240 valence electrons. The van der Waals surface area contributed by atoms with Crippen LogP contribution in [0.1, 0.15) is 81.6 Å². The molecule has 41 heavy (non-hydrogen) atoms. The zero-order chi connectivity index (χ0) is 31.8. The van der Waals surface area contributed by atoms with Gasteiger partial charge in [0.15, 0.2) is 25.0 Å². The van der Waals surface area contributed by atoms with Crippen molar-refractivity contribution in [3.05, 3.63) is 10.2 Å². The van der Waals surface area contributed by atoms with Crippen LogP contribution in [0.5, 0.6) is 0 Å². The van der Waals surface area contributed by atoms with E-state index in [1.165, 1.54) is 0 Å². The van der Waals surface area contributed by atoms with Gasteiger partial charge >= 0.3 is 0 Å². The number of aldehydes is 1. The fourth-order valence-corrected chi connectivity index (χ4v) is 8.89. The Hall–Kier alpha value is 0.591. The van der Waals surface area contributed by atoms with Gasteiger partial charge in [0.1, 0.15) is 30.7 Å². The number of fused-ring (bicyclic) bond motifs is 1. The maximum atomic E-state index is 11.5. The van der Waals surface area contributed by atoms with Gasteiger partial charge in [-0.2, -0.15) is 0 Å². The molecule has 2 saturated heterocycles. The van der Waals surface area contributed by atoms with Crippen molar-refractivity contribution in [2.45, 2.75) is 179 Å². The van der Waals surface area contributed by atoms with Crippen molar-refractivity contribution in [3.8, 4) is 0 Å². The van der Waals surface area contributed by atoms with E-state index in [9.17, 15) is 4.79 Å². The molecule has 0 aliphatic carbocycles. The highest BCUT2D eigenvalue weighted by Crippen LogP contribution is 2.47. The maximum absolute atomic E-state index is 11.5. The summed E-state index contributed by atoms with van der Waals surface area (Å²) in [6.45, 7) is 34.3. The highest BCUT2D eigenvalue weighted by Gasteiger charge is 2.57. The van der Waals surface area contributed by atoms with E-state index < -0.39 is 25.0 Å². The molecule has 0 aromatic rings. The van der Waals surface area contributed by atoms with Gasteiger partial charge in [0.05, 0.1) is 18.3 Å².